The molecule has 2 fully saturated rings. The Morgan fingerprint density at radius 1 is 0.962 bits per heavy atom. The van der Waals surface area contributed by atoms with Crippen molar-refractivity contribution in [3.63, 3.8) is 0 Å². The van der Waals surface area contributed by atoms with Crippen LogP contribution in [-0.2, 0) is 4.79 Å². The van der Waals surface area contributed by atoms with Crippen molar-refractivity contribution in [3.8, 4) is 0 Å². The summed E-state index contributed by atoms with van der Waals surface area (Å²) in [5.41, 5.74) is 1.14. The minimum atomic E-state index is -0.657. The van der Waals surface area contributed by atoms with Crippen LogP contribution in [0.15, 0.2) is 60.7 Å². The highest BCUT2D eigenvalue weighted by Crippen LogP contribution is 2.42. The zero-order chi connectivity index (χ0) is 18.1. The number of benzene rings is 2. The van der Waals surface area contributed by atoms with Gasteiger partial charge in [0.1, 0.15) is 5.54 Å². The summed E-state index contributed by atoms with van der Waals surface area (Å²) in [7, 11) is 0. The van der Waals surface area contributed by atoms with E-state index in [1.165, 1.54) is 0 Å². The molecule has 4 heteroatoms. The molecular formula is C22H24N2O2. The Morgan fingerprint density at radius 2 is 1.62 bits per heavy atom. The number of rotatable bonds is 3. The van der Waals surface area contributed by atoms with Gasteiger partial charge in [0.2, 0.25) is 5.91 Å². The second-order valence-corrected chi connectivity index (χ2v) is 7.29. The maximum atomic E-state index is 13.4. The number of likely N-dealkylation sites (tertiary alicyclic amines) is 2. The van der Waals surface area contributed by atoms with Crippen molar-refractivity contribution in [3.05, 3.63) is 71.8 Å². The Bertz CT molecular complexity index is 805. The van der Waals surface area contributed by atoms with Gasteiger partial charge in [-0.05, 0) is 43.9 Å². The third kappa shape index (κ3) is 2.61. The summed E-state index contributed by atoms with van der Waals surface area (Å²) >= 11 is 0. The minimum Gasteiger partial charge on any atom is -0.334 e. The second kappa shape index (κ2) is 6.60. The predicted octanol–water partition coefficient (Wildman–Crippen LogP) is 3.65. The van der Waals surface area contributed by atoms with Gasteiger partial charge in [-0.25, -0.2) is 0 Å². The largest absolute Gasteiger partial charge is 0.334 e. The summed E-state index contributed by atoms with van der Waals surface area (Å²) in [6.07, 6.45) is 2.38. The Kier molecular flexibility index (Phi) is 4.27. The molecule has 2 aliphatic rings. The first-order valence-corrected chi connectivity index (χ1v) is 9.36. The standard InChI is InChI=1S/C22H24N2O2/c1-17(18-9-4-2-5-10-18)23-16-14-22(21(23)26)13-8-15-24(22)20(25)19-11-6-3-7-12-19/h2-7,9-12,17H,8,13-16H2,1H3. The topological polar surface area (TPSA) is 40.6 Å². The van der Waals surface area contributed by atoms with E-state index < -0.39 is 5.54 Å². The Labute approximate surface area is 154 Å². The molecule has 2 atom stereocenters. The highest BCUT2D eigenvalue weighted by molar-refractivity contribution is 6.00. The van der Waals surface area contributed by atoms with E-state index in [1.54, 1.807) is 0 Å². The smallest absolute Gasteiger partial charge is 0.254 e. The lowest BCUT2D eigenvalue weighted by Gasteiger charge is -2.34. The molecule has 0 aliphatic carbocycles. The van der Waals surface area contributed by atoms with E-state index in [9.17, 15) is 9.59 Å². The molecule has 26 heavy (non-hydrogen) atoms. The maximum absolute atomic E-state index is 13.4. The molecule has 134 valence electrons. The van der Waals surface area contributed by atoms with E-state index in [4.69, 9.17) is 0 Å². The van der Waals surface area contributed by atoms with Crippen molar-refractivity contribution >= 4 is 11.8 Å². The van der Waals surface area contributed by atoms with Crippen molar-refractivity contribution in [2.45, 2.75) is 37.8 Å². The molecular weight excluding hydrogens is 324 g/mol. The molecule has 2 saturated heterocycles. The molecule has 0 radical (unpaired) electrons. The van der Waals surface area contributed by atoms with Crippen LogP contribution in [0.1, 0.15) is 48.1 Å². The normalized spacial score (nSPS) is 23.7. The molecule has 0 bridgehead atoms. The number of hydrogen-bond acceptors (Lipinski definition) is 2. The number of hydrogen-bond donors (Lipinski definition) is 0. The quantitative estimate of drug-likeness (QED) is 0.849. The summed E-state index contributed by atoms with van der Waals surface area (Å²) in [5, 5.41) is 0. The van der Waals surface area contributed by atoms with Crippen LogP contribution in [0.2, 0.25) is 0 Å². The van der Waals surface area contributed by atoms with Gasteiger partial charge in [-0.3, -0.25) is 9.59 Å². The van der Waals surface area contributed by atoms with Crippen LogP contribution in [-0.4, -0.2) is 40.2 Å². The molecule has 0 N–H and O–H groups in total. The first kappa shape index (κ1) is 16.8. The SMILES string of the molecule is CC(c1ccccc1)N1CCC2(CCCN2C(=O)c2ccccc2)C1=O. The van der Waals surface area contributed by atoms with Crippen LogP contribution in [0.5, 0.6) is 0 Å². The molecule has 4 nitrogen and oxygen atoms in total. The fourth-order valence-corrected chi connectivity index (χ4v) is 4.46. The minimum absolute atomic E-state index is 0.0225. The molecule has 2 heterocycles. The van der Waals surface area contributed by atoms with Gasteiger partial charge in [0, 0.05) is 18.7 Å². The van der Waals surface area contributed by atoms with E-state index >= 15 is 0 Å². The van der Waals surface area contributed by atoms with Gasteiger partial charge in [-0.2, -0.15) is 0 Å². The molecule has 2 aromatic rings. The predicted molar refractivity (Wildman–Crippen MR) is 101 cm³/mol. The fraction of sp³-hybridized carbons (Fsp3) is 0.364. The van der Waals surface area contributed by atoms with Crippen molar-refractivity contribution in [2.24, 2.45) is 0 Å². The van der Waals surface area contributed by atoms with Crippen molar-refractivity contribution in [2.75, 3.05) is 13.1 Å². The monoisotopic (exact) mass is 348 g/mol. The molecule has 2 unspecified atom stereocenters. The molecule has 2 aliphatic heterocycles. The van der Waals surface area contributed by atoms with Crippen LogP contribution >= 0.6 is 0 Å². The van der Waals surface area contributed by atoms with E-state index in [2.05, 4.69) is 19.1 Å². The van der Waals surface area contributed by atoms with Gasteiger partial charge in [-0.1, -0.05) is 48.5 Å². The summed E-state index contributed by atoms with van der Waals surface area (Å²) in [6.45, 7) is 3.44. The van der Waals surface area contributed by atoms with Crippen molar-refractivity contribution in [1.29, 1.82) is 0 Å². The summed E-state index contributed by atoms with van der Waals surface area (Å²) < 4.78 is 0. The lowest BCUT2D eigenvalue weighted by molar-refractivity contribution is -0.137. The number of amides is 2. The number of nitrogens with zero attached hydrogens (tertiary/aromatic N) is 2. The molecule has 2 aromatic carbocycles. The van der Waals surface area contributed by atoms with Gasteiger partial charge >= 0.3 is 0 Å². The summed E-state index contributed by atoms with van der Waals surface area (Å²) in [4.78, 5) is 30.3. The van der Waals surface area contributed by atoms with Gasteiger partial charge in [0.15, 0.2) is 0 Å². The fourth-order valence-electron chi connectivity index (χ4n) is 4.46. The highest BCUT2D eigenvalue weighted by atomic mass is 16.2. The lowest BCUT2D eigenvalue weighted by atomic mass is 9.93. The number of carbonyl (C=O) groups excluding carboxylic acids is 2. The third-order valence-corrected chi connectivity index (χ3v) is 5.93. The summed E-state index contributed by atoms with van der Waals surface area (Å²) in [6, 6.07) is 19.4. The Morgan fingerprint density at radius 3 is 2.31 bits per heavy atom. The number of carbonyl (C=O) groups is 2. The maximum Gasteiger partial charge on any atom is 0.254 e. The van der Waals surface area contributed by atoms with E-state index in [1.807, 2.05) is 58.3 Å². The highest BCUT2D eigenvalue weighted by Gasteiger charge is 2.55. The summed E-state index contributed by atoms with van der Waals surface area (Å²) in [5.74, 6) is 0.0845. The first-order valence-electron chi connectivity index (χ1n) is 9.36. The van der Waals surface area contributed by atoms with Gasteiger partial charge in [0.05, 0.1) is 6.04 Å². The lowest BCUT2D eigenvalue weighted by Crippen LogP contribution is -2.53. The van der Waals surface area contributed by atoms with E-state index in [-0.39, 0.29) is 17.9 Å². The van der Waals surface area contributed by atoms with Crippen molar-refractivity contribution < 1.29 is 9.59 Å². The van der Waals surface area contributed by atoms with Crippen LogP contribution in [0.25, 0.3) is 0 Å². The van der Waals surface area contributed by atoms with Gasteiger partial charge in [-0.15, -0.1) is 0 Å². The molecule has 2 amide bonds. The molecule has 1 spiro atoms. The van der Waals surface area contributed by atoms with E-state index in [0.29, 0.717) is 18.7 Å². The third-order valence-electron chi connectivity index (χ3n) is 5.93. The molecule has 0 aromatic heterocycles. The first-order chi connectivity index (χ1) is 12.6. The van der Waals surface area contributed by atoms with Crippen LogP contribution in [0, 0.1) is 0 Å². The van der Waals surface area contributed by atoms with Crippen LogP contribution in [0.3, 0.4) is 0 Å². The average molecular weight is 348 g/mol. The second-order valence-electron chi connectivity index (χ2n) is 7.29. The zero-order valence-electron chi connectivity index (χ0n) is 15.1. The van der Waals surface area contributed by atoms with Crippen molar-refractivity contribution in [1.82, 2.24) is 9.80 Å². The van der Waals surface area contributed by atoms with Gasteiger partial charge in [0.25, 0.3) is 5.91 Å². The average Bonchev–Trinajstić information content (AvgIpc) is 3.27. The van der Waals surface area contributed by atoms with Gasteiger partial charge < -0.3 is 9.80 Å². The molecule has 0 saturated carbocycles. The van der Waals surface area contributed by atoms with Crippen LogP contribution in [0.4, 0.5) is 0 Å². The Balaban J connectivity index is 1.60. The molecule has 4 rings (SSSR count). The van der Waals surface area contributed by atoms with Crippen LogP contribution < -0.4 is 0 Å². The Hall–Kier alpha value is -2.62. The van der Waals surface area contributed by atoms with E-state index in [0.717, 1.165) is 24.8 Å². The zero-order valence-corrected chi connectivity index (χ0v) is 15.1.